The Bertz CT molecular complexity index is 822. The molecule has 0 bridgehead atoms. The smallest absolute Gasteiger partial charge is 0.344 e. The maximum Gasteiger partial charge on any atom is 0.344 e. The first-order valence-electron chi connectivity index (χ1n) is 8.44. The number of nitrogens with zero attached hydrogens (tertiary/aromatic N) is 2. The number of rotatable bonds is 6. The average Bonchev–Trinajstić information content (AvgIpc) is 2.94. The van der Waals surface area contributed by atoms with E-state index in [2.05, 4.69) is 10.5 Å². The summed E-state index contributed by atoms with van der Waals surface area (Å²) >= 11 is 0. The molecule has 1 atom stereocenters. The molecule has 27 heavy (non-hydrogen) atoms. The van der Waals surface area contributed by atoms with Crippen molar-refractivity contribution >= 4 is 23.5 Å². The Morgan fingerprint density at radius 3 is 2.37 bits per heavy atom. The fourth-order valence-corrected chi connectivity index (χ4v) is 2.49. The largest absolute Gasteiger partial charge is 0.449 e. The van der Waals surface area contributed by atoms with Crippen LogP contribution in [0.5, 0.6) is 0 Å². The summed E-state index contributed by atoms with van der Waals surface area (Å²) in [6.45, 7) is 6.43. The third-order valence-corrected chi connectivity index (χ3v) is 3.96. The van der Waals surface area contributed by atoms with Crippen LogP contribution in [0.4, 0.5) is 5.69 Å². The molecular formula is C19H23N3O5. The molecule has 0 aliphatic carbocycles. The van der Waals surface area contributed by atoms with Crippen molar-refractivity contribution in [2.45, 2.75) is 33.8 Å². The zero-order valence-corrected chi connectivity index (χ0v) is 16.0. The normalized spacial score (nSPS) is 11.6. The second-order valence-corrected chi connectivity index (χ2v) is 6.36. The van der Waals surface area contributed by atoms with Crippen LogP contribution in [-0.4, -0.2) is 47.5 Å². The monoisotopic (exact) mass is 373 g/mol. The quantitative estimate of drug-likeness (QED) is 0.779. The van der Waals surface area contributed by atoms with E-state index in [-0.39, 0.29) is 18.0 Å². The van der Waals surface area contributed by atoms with Gasteiger partial charge in [0.2, 0.25) is 5.91 Å². The molecule has 0 saturated heterocycles. The minimum atomic E-state index is -1.05. The van der Waals surface area contributed by atoms with E-state index in [1.807, 2.05) is 19.1 Å². The summed E-state index contributed by atoms with van der Waals surface area (Å²) < 4.78 is 10.1. The molecule has 1 heterocycles. The van der Waals surface area contributed by atoms with Gasteiger partial charge in [-0.2, -0.15) is 0 Å². The Labute approximate surface area is 157 Å². The predicted molar refractivity (Wildman–Crippen MR) is 98.3 cm³/mol. The molecule has 8 heteroatoms. The zero-order chi connectivity index (χ0) is 20.1. The number of aryl methyl sites for hydroxylation is 3. The Balaban J connectivity index is 1.90. The summed E-state index contributed by atoms with van der Waals surface area (Å²) in [4.78, 5) is 37.9. The zero-order valence-electron chi connectivity index (χ0n) is 16.0. The van der Waals surface area contributed by atoms with Crippen molar-refractivity contribution in [3.05, 3.63) is 46.8 Å². The van der Waals surface area contributed by atoms with Crippen molar-refractivity contribution in [1.82, 2.24) is 10.1 Å². The lowest BCUT2D eigenvalue weighted by Gasteiger charge is -2.21. The highest BCUT2D eigenvalue weighted by Crippen LogP contribution is 2.15. The topological polar surface area (TPSA) is 102 Å². The van der Waals surface area contributed by atoms with Gasteiger partial charge in [0, 0.05) is 12.7 Å². The summed E-state index contributed by atoms with van der Waals surface area (Å²) in [5, 5.41) is 6.40. The van der Waals surface area contributed by atoms with E-state index < -0.39 is 18.0 Å². The van der Waals surface area contributed by atoms with E-state index in [0.29, 0.717) is 17.1 Å². The Morgan fingerprint density at radius 1 is 1.19 bits per heavy atom. The molecule has 1 aromatic heterocycles. The number of carbonyl (C=O) groups is 3. The van der Waals surface area contributed by atoms with Crippen molar-refractivity contribution in [3.8, 4) is 0 Å². The molecule has 2 aromatic rings. The van der Waals surface area contributed by atoms with Crippen LogP contribution in [0.2, 0.25) is 0 Å². The molecule has 0 aliphatic heterocycles. The fraction of sp³-hybridized carbons (Fsp3) is 0.368. The highest BCUT2D eigenvalue weighted by atomic mass is 16.5. The van der Waals surface area contributed by atoms with E-state index in [1.54, 1.807) is 26.0 Å². The second kappa shape index (κ2) is 8.48. The molecule has 0 spiro atoms. The molecule has 2 rings (SSSR count). The number of ether oxygens (including phenoxy) is 1. The van der Waals surface area contributed by atoms with E-state index in [0.717, 1.165) is 5.56 Å². The van der Waals surface area contributed by atoms with Crippen molar-refractivity contribution in [1.29, 1.82) is 0 Å². The highest BCUT2D eigenvalue weighted by Gasteiger charge is 2.26. The lowest BCUT2D eigenvalue weighted by molar-refractivity contribution is -0.140. The molecule has 0 saturated carbocycles. The van der Waals surface area contributed by atoms with E-state index in [9.17, 15) is 14.4 Å². The molecular weight excluding hydrogens is 350 g/mol. The predicted octanol–water partition coefficient (Wildman–Crippen LogP) is 2.24. The van der Waals surface area contributed by atoms with Crippen molar-refractivity contribution < 1.29 is 23.6 Å². The maximum absolute atomic E-state index is 12.4. The van der Waals surface area contributed by atoms with Crippen LogP contribution in [0.25, 0.3) is 0 Å². The minimum absolute atomic E-state index is 0.167. The van der Waals surface area contributed by atoms with Crippen LogP contribution in [0.3, 0.4) is 0 Å². The summed E-state index contributed by atoms with van der Waals surface area (Å²) in [5.74, 6) is -1.21. The van der Waals surface area contributed by atoms with Gasteiger partial charge in [-0.05, 0) is 39.8 Å². The number of likely N-dealkylation sites (N-methyl/N-ethyl adjacent to an activating group) is 1. The average molecular weight is 373 g/mol. The van der Waals surface area contributed by atoms with Crippen molar-refractivity contribution in [3.63, 3.8) is 0 Å². The second-order valence-electron chi connectivity index (χ2n) is 6.36. The van der Waals surface area contributed by atoms with Gasteiger partial charge >= 0.3 is 5.97 Å². The van der Waals surface area contributed by atoms with Crippen LogP contribution in [0.1, 0.15) is 34.3 Å². The number of esters is 1. The third-order valence-electron chi connectivity index (χ3n) is 3.96. The standard InChI is InChI=1S/C19H23N3O5/c1-11-6-8-15(9-7-11)20-16(23)10-22(5)18(24)14(4)26-19(25)17-12(2)21-27-13(17)3/h6-9,14H,10H2,1-5H3,(H,20,23)/t14-/m0/s1. The fourth-order valence-electron chi connectivity index (χ4n) is 2.49. The Morgan fingerprint density at radius 2 is 1.81 bits per heavy atom. The number of aromatic nitrogens is 1. The minimum Gasteiger partial charge on any atom is -0.449 e. The number of benzene rings is 1. The van der Waals surface area contributed by atoms with Crippen molar-refractivity contribution in [2.75, 3.05) is 18.9 Å². The molecule has 2 amide bonds. The molecule has 0 radical (unpaired) electrons. The molecule has 1 N–H and O–H groups in total. The van der Waals surface area contributed by atoms with Gasteiger partial charge in [0.25, 0.3) is 5.91 Å². The summed E-state index contributed by atoms with van der Waals surface area (Å²) in [7, 11) is 1.47. The SMILES string of the molecule is Cc1ccc(NC(=O)CN(C)C(=O)[C@H](C)OC(=O)c2c(C)noc2C)cc1. The number of hydrogen-bond acceptors (Lipinski definition) is 6. The van der Waals surface area contributed by atoms with Gasteiger partial charge in [0.15, 0.2) is 6.10 Å². The van der Waals surface area contributed by atoms with Crippen LogP contribution >= 0.6 is 0 Å². The van der Waals surface area contributed by atoms with Gasteiger partial charge in [0.05, 0.1) is 12.2 Å². The van der Waals surface area contributed by atoms with Crippen molar-refractivity contribution in [2.24, 2.45) is 0 Å². The summed E-state index contributed by atoms with van der Waals surface area (Å²) in [5.41, 5.74) is 2.32. The first-order chi connectivity index (χ1) is 12.7. The molecule has 0 aliphatic rings. The molecule has 0 fully saturated rings. The number of amides is 2. The number of anilines is 1. The van der Waals surface area contributed by atoms with Gasteiger partial charge in [-0.1, -0.05) is 22.9 Å². The van der Waals surface area contributed by atoms with E-state index >= 15 is 0 Å². The third kappa shape index (κ3) is 5.16. The van der Waals surface area contributed by atoms with Gasteiger partial charge in [-0.3, -0.25) is 9.59 Å². The maximum atomic E-state index is 12.4. The number of nitrogens with one attached hydrogen (secondary N) is 1. The number of hydrogen-bond donors (Lipinski definition) is 1. The van der Waals surface area contributed by atoms with Gasteiger partial charge in [-0.15, -0.1) is 0 Å². The lowest BCUT2D eigenvalue weighted by Crippen LogP contribution is -2.41. The molecule has 1 aromatic carbocycles. The Hall–Kier alpha value is -3.16. The number of carbonyl (C=O) groups excluding carboxylic acids is 3. The van der Waals surface area contributed by atoms with E-state index in [4.69, 9.17) is 9.26 Å². The Kier molecular flexibility index (Phi) is 6.33. The van der Waals surface area contributed by atoms with Gasteiger partial charge in [0.1, 0.15) is 11.3 Å². The lowest BCUT2D eigenvalue weighted by atomic mass is 10.2. The summed E-state index contributed by atoms with van der Waals surface area (Å²) in [6.07, 6.45) is -1.05. The van der Waals surface area contributed by atoms with Crippen LogP contribution in [0.15, 0.2) is 28.8 Å². The van der Waals surface area contributed by atoms with Crippen LogP contribution in [0, 0.1) is 20.8 Å². The van der Waals surface area contributed by atoms with Crippen LogP contribution < -0.4 is 5.32 Å². The molecule has 8 nitrogen and oxygen atoms in total. The van der Waals surface area contributed by atoms with Gasteiger partial charge in [-0.25, -0.2) is 4.79 Å². The van der Waals surface area contributed by atoms with Gasteiger partial charge < -0.3 is 19.5 Å². The first-order valence-corrected chi connectivity index (χ1v) is 8.44. The van der Waals surface area contributed by atoms with E-state index in [1.165, 1.54) is 18.9 Å². The van der Waals surface area contributed by atoms with Crippen LogP contribution in [-0.2, 0) is 14.3 Å². The first kappa shape index (κ1) is 20.2. The molecule has 144 valence electrons. The summed E-state index contributed by atoms with van der Waals surface area (Å²) in [6, 6.07) is 7.31. The molecule has 0 unspecified atom stereocenters. The highest BCUT2D eigenvalue weighted by molar-refractivity contribution is 5.96.